The molecule has 754 valence electrons. The number of hydrogen-bond donors (Lipinski definition) is 0. The van der Waals surface area contributed by atoms with E-state index in [1.54, 1.807) is 118 Å². The lowest BCUT2D eigenvalue weighted by molar-refractivity contribution is -0.141. The Morgan fingerprint density at radius 3 is 1.06 bits per heavy atom. The molecule has 0 unspecified atom stereocenters. The van der Waals surface area contributed by atoms with Gasteiger partial charge in [0.15, 0.2) is 33.9 Å². The quantitative estimate of drug-likeness (QED) is 0.0539. The van der Waals surface area contributed by atoms with E-state index >= 15 is 0 Å². The van der Waals surface area contributed by atoms with E-state index in [1.807, 2.05) is 157 Å². The van der Waals surface area contributed by atoms with Crippen molar-refractivity contribution < 1.29 is 99.4 Å². The summed E-state index contributed by atoms with van der Waals surface area (Å²) in [5.41, 5.74) is 5.54. The summed E-state index contributed by atoms with van der Waals surface area (Å²) in [6, 6.07) is 90.7. The second kappa shape index (κ2) is 55.0. The zero-order valence-corrected chi connectivity index (χ0v) is 83.6. The van der Waals surface area contributed by atoms with Gasteiger partial charge < -0.3 is 37.9 Å². The minimum absolute atomic E-state index is 0.0704. The Bertz CT molecular complexity index is 6680. The molecule has 0 saturated heterocycles. The summed E-state index contributed by atoms with van der Waals surface area (Å²) in [4.78, 5) is 11.5. The lowest BCUT2D eigenvalue weighted by atomic mass is 9.98. The van der Waals surface area contributed by atoms with E-state index in [1.165, 1.54) is 119 Å². The molecule has 0 bridgehead atoms. The molecule has 16 rings (SSSR count). The largest absolute Gasteiger partial charge is 0.457 e. The molecule has 144 heavy (non-hydrogen) atoms. The van der Waals surface area contributed by atoms with Gasteiger partial charge in [-0.2, -0.15) is 31.3 Å². The number of hydrogen-bond acceptors (Lipinski definition) is 12. The minimum atomic E-state index is -4.51. The summed E-state index contributed by atoms with van der Waals surface area (Å²) in [6.07, 6.45) is -9.01. The van der Waals surface area contributed by atoms with Gasteiger partial charge in [-0.25, -0.2) is 45.1 Å². The summed E-state index contributed by atoms with van der Waals surface area (Å²) in [5, 5.41) is 2.26. The van der Waals surface area contributed by atoms with Gasteiger partial charge in [-0.1, -0.05) is 238 Å². The van der Waals surface area contributed by atoms with Crippen molar-refractivity contribution in [1.82, 2.24) is 15.0 Å². The number of halogens is 14. The van der Waals surface area contributed by atoms with Gasteiger partial charge in [0, 0.05) is 60.1 Å². The summed E-state index contributed by atoms with van der Waals surface area (Å²) in [6.45, 7) is 33.6. The average molecular weight is 2000 g/mol. The van der Waals surface area contributed by atoms with Crippen LogP contribution in [0.1, 0.15) is 220 Å². The number of para-hydroxylation sites is 3. The number of rotatable bonds is 24. The number of aryl methyl sites for hydroxylation is 1. The number of alkyl halides is 6. The molecule has 0 amide bonds. The third-order valence-corrected chi connectivity index (χ3v) is 21.5. The Kier molecular flexibility index (Phi) is 43.1. The molecule has 0 fully saturated rings. The third kappa shape index (κ3) is 37.6. The zero-order chi connectivity index (χ0) is 105. The van der Waals surface area contributed by atoms with Crippen LogP contribution in [0.25, 0.3) is 0 Å². The highest BCUT2D eigenvalue weighted by atomic mass is 32.1. The normalized spacial score (nSPS) is 11.0. The predicted octanol–water partition coefficient (Wildman–Crippen LogP) is 38.5. The van der Waals surface area contributed by atoms with Crippen LogP contribution in [0, 0.1) is 53.5 Å². The van der Waals surface area contributed by atoms with E-state index in [2.05, 4.69) is 81.6 Å². The van der Waals surface area contributed by atoms with Crippen LogP contribution in [0.2, 0.25) is 0 Å². The number of benzene rings is 13. The molecule has 3 heterocycles. The van der Waals surface area contributed by atoms with Crippen LogP contribution in [0.3, 0.4) is 0 Å². The smallest absolute Gasteiger partial charge is 0.433 e. The van der Waals surface area contributed by atoms with Crippen molar-refractivity contribution in [2.24, 2.45) is 0 Å². The van der Waals surface area contributed by atoms with Crippen LogP contribution in [-0.4, -0.2) is 15.0 Å². The van der Waals surface area contributed by atoms with Gasteiger partial charge in [-0.05, 0) is 250 Å². The highest BCUT2D eigenvalue weighted by Gasteiger charge is 2.35. The zero-order valence-electron chi connectivity index (χ0n) is 82.8. The number of ether oxygens (including phenoxy) is 8. The molecular weight excluding hydrogens is 1890 g/mol. The average Bonchev–Trinajstić information content (AvgIpc) is 1.39. The number of nitrogens with zero attached hydrogens (tertiary/aromatic N) is 3. The van der Waals surface area contributed by atoms with Crippen LogP contribution in [0.4, 0.5) is 61.5 Å². The standard InChI is InChI=1S/C16H18O.C15H13F4NO.2C15H14F2O.3C15H15FO.C12H11F3N2OS/c1-12(2)16-11-15(10-9-13(16)3)17-14-7-5-4-6-8-14;1-9(2)13-6-10(15(17,18)19)7-14(20-13)21-12-5-3-4-11(16)8-12;1-10(2)13-7-4-8-14(15(13)17)18-12-6-3-5-11(16)9-12;1-10(2)11-6-13(17)9-15(7-11)18-14-5-3-4-12(16)8-14;1-11(2)12-5-3-7-14(9-12)17-15-8-4-6-13(16)10-15;1-11(2)14-8-3-4-9-15(14)17-13-7-5-6-12(16)10-13;1-11(2)13-9-6-10-14(15(13)16)17-12-7-4-3-5-8-12;1-7(2)11-16-8(12(13,14)15)6-9(17-11)18-10-4-3-5-19-10/h4-12H,1-3H3;3-9H,1-2H3;2*3-10H,1-2H3;3*3-11H,1-2H3;3-7H,1-2H3. The molecular formula is C118H115F14N3O8S. The van der Waals surface area contributed by atoms with Crippen molar-refractivity contribution in [3.63, 3.8) is 0 Å². The van der Waals surface area contributed by atoms with E-state index in [9.17, 15) is 61.5 Å². The van der Waals surface area contributed by atoms with Crippen LogP contribution in [-0.2, 0) is 12.4 Å². The molecule has 3 aromatic heterocycles. The molecule has 0 aliphatic carbocycles. The maximum atomic E-state index is 14.1. The molecule has 0 N–H and O–H groups in total. The van der Waals surface area contributed by atoms with Crippen molar-refractivity contribution in [2.45, 2.75) is 177 Å². The summed E-state index contributed by atoms with van der Waals surface area (Å²) in [7, 11) is 0. The van der Waals surface area contributed by atoms with Crippen molar-refractivity contribution >= 4 is 11.3 Å². The van der Waals surface area contributed by atoms with E-state index in [-0.39, 0.29) is 105 Å². The second-order valence-corrected chi connectivity index (χ2v) is 36.0. The van der Waals surface area contributed by atoms with Gasteiger partial charge >= 0.3 is 12.4 Å². The first-order chi connectivity index (χ1) is 68.4. The third-order valence-electron chi connectivity index (χ3n) is 20.8. The van der Waals surface area contributed by atoms with E-state index in [4.69, 9.17) is 37.9 Å². The molecule has 13 aromatic carbocycles. The molecule has 11 nitrogen and oxygen atoms in total. The molecule has 0 saturated carbocycles. The maximum Gasteiger partial charge on any atom is 0.433 e. The Morgan fingerprint density at radius 1 is 0.243 bits per heavy atom. The minimum Gasteiger partial charge on any atom is -0.457 e. The maximum absolute atomic E-state index is 14.1. The van der Waals surface area contributed by atoms with E-state index in [0.717, 1.165) is 58.4 Å². The van der Waals surface area contributed by atoms with Crippen LogP contribution >= 0.6 is 11.3 Å². The lowest BCUT2D eigenvalue weighted by Crippen LogP contribution is -2.12. The van der Waals surface area contributed by atoms with Gasteiger partial charge in [0.25, 0.3) is 0 Å². The van der Waals surface area contributed by atoms with Crippen LogP contribution < -0.4 is 37.9 Å². The van der Waals surface area contributed by atoms with Gasteiger partial charge in [0.05, 0.1) is 5.56 Å². The second-order valence-electron chi connectivity index (χ2n) is 35.1. The number of pyridine rings is 1. The fourth-order valence-electron chi connectivity index (χ4n) is 13.3. The van der Waals surface area contributed by atoms with Gasteiger partial charge in [-0.3, -0.25) is 0 Å². The highest BCUT2D eigenvalue weighted by Crippen LogP contribution is 2.40. The summed E-state index contributed by atoms with van der Waals surface area (Å²) < 4.78 is 228. The molecule has 26 heteroatoms. The molecule has 0 atom stereocenters. The first kappa shape index (κ1) is 113. The van der Waals surface area contributed by atoms with Gasteiger partial charge in [0.2, 0.25) is 11.8 Å². The Balaban J connectivity index is 0.000000184. The first-order valence-corrected chi connectivity index (χ1v) is 47.3. The molecule has 16 aromatic rings. The molecule has 0 aliphatic rings. The van der Waals surface area contributed by atoms with E-state index < -0.39 is 41.1 Å². The van der Waals surface area contributed by atoms with Crippen molar-refractivity contribution in [3.8, 4) is 91.6 Å². The lowest BCUT2D eigenvalue weighted by Gasteiger charge is -2.13. The molecule has 0 spiro atoms. The molecule has 0 aliphatic heterocycles. The van der Waals surface area contributed by atoms with Crippen LogP contribution in [0.15, 0.2) is 339 Å². The van der Waals surface area contributed by atoms with Crippen molar-refractivity contribution in [3.05, 3.63) is 447 Å². The number of thiophene rings is 1. The first-order valence-electron chi connectivity index (χ1n) is 46.5. The number of aromatic nitrogens is 3. The fraction of sp³-hybridized carbons (Fsp3) is 0.229. The Labute approximate surface area is 837 Å². The Hall–Kier alpha value is -14.8. The SMILES string of the molecule is CC(C)c1cc(C(F)(F)F)cc(Oc2cccc(F)c2)n1.CC(C)c1cc(F)cc(Oc2cccc(F)c2)c1.CC(C)c1cccc(Oc2cccc(F)c2)c1.CC(C)c1cccc(Oc2cccc(F)c2)c1F.CC(C)c1cccc(Oc2ccccc2)c1F.CC(C)c1ccccc1Oc1cccc(F)c1.CC(C)c1nc(Oc2cccs2)cc(C(F)(F)F)n1.Cc1ccc(Oc2ccccc2)cc1C(C)C. The predicted molar refractivity (Wildman–Crippen MR) is 542 cm³/mol. The highest BCUT2D eigenvalue weighted by molar-refractivity contribution is 7.11. The van der Waals surface area contributed by atoms with Crippen LogP contribution in [0.5, 0.6) is 91.6 Å². The molecule has 0 radical (unpaired) electrons. The Morgan fingerprint density at radius 2 is 0.618 bits per heavy atom. The van der Waals surface area contributed by atoms with Crippen molar-refractivity contribution in [2.75, 3.05) is 0 Å². The summed E-state index contributed by atoms with van der Waals surface area (Å²) in [5.74, 6) is 4.77. The van der Waals surface area contributed by atoms with Crippen molar-refractivity contribution in [1.29, 1.82) is 0 Å². The van der Waals surface area contributed by atoms with E-state index in [0.29, 0.717) is 62.7 Å². The summed E-state index contributed by atoms with van der Waals surface area (Å²) >= 11 is 1.28. The van der Waals surface area contributed by atoms with Gasteiger partial charge in [-0.15, -0.1) is 11.3 Å². The fourth-order valence-corrected chi connectivity index (χ4v) is 13.9. The van der Waals surface area contributed by atoms with Gasteiger partial charge in [0.1, 0.15) is 104 Å². The topological polar surface area (TPSA) is 113 Å². The monoisotopic (exact) mass is 2000 g/mol.